The number of hydrogen-bond donors (Lipinski definition) is 0. The Morgan fingerprint density at radius 3 is 2.81 bits per heavy atom. The van der Waals surface area contributed by atoms with Crippen molar-refractivity contribution in [2.24, 2.45) is 5.92 Å². The Labute approximate surface area is 97.9 Å². The van der Waals surface area contributed by atoms with E-state index in [0.29, 0.717) is 5.92 Å². The summed E-state index contributed by atoms with van der Waals surface area (Å²) in [7, 11) is 2.11. The molecule has 0 aromatic carbocycles. The Hall–Kier alpha value is -1.12. The molecule has 0 aliphatic heterocycles. The van der Waals surface area contributed by atoms with Crippen molar-refractivity contribution in [2.45, 2.75) is 39.0 Å². The van der Waals surface area contributed by atoms with Crippen molar-refractivity contribution in [2.75, 3.05) is 18.5 Å². The van der Waals surface area contributed by atoms with Crippen LogP contribution in [-0.2, 0) is 0 Å². The molecule has 1 aliphatic carbocycles. The summed E-state index contributed by atoms with van der Waals surface area (Å²) in [5, 5.41) is 0. The number of rotatable bonds is 5. The third-order valence-electron chi connectivity index (χ3n) is 3.03. The minimum Gasteiger partial charge on any atom is -0.360 e. The summed E-state index contributed by atoms with van der Waals surface area (Å²) >= 11 is 0. The molecular weight excluding hydrogens is 198 g/mol. The van der Waals surface area contributed by atoms with Crippen LogP contribution in [0.25, 0.3) is 0 Å². The molecule has 0 saturated heterocycles. The summed E-state index contributed by atoms with van der Waals surface area (Å²) in [6.07, 6.45) is 5.62. The van der Waals surface area contributed by atoms with Crippen LogP contribution in [0.2, 0.25) is 0 Å². The molecule has 1 saturated carbocycles. The third-order valence-corrected chi connectivity index (χ3v) is 3.03. The van der Waals surface area contributed by atoms with Gasteiger partial charge in [-0.15, -0.1) is 0 Å². The van der Waals surface area contributed by atoms with Gasteiger partial charge in [0.05, 0.1) is 0 Å². The van der Waals surface area contributed by atoms with Crippen molar-refractivity contribution in [3.8, 4) is 0 Å². The summed E-state index contributed by atoms with van der Waals surface area (Å²) in [6, 6.07) is 2.01. The van der Waals surface area contributed by atoms with E-state index in [1.165, 1.54) is 19.3 Å². The van der Waals surface area contributed by atoms with Crippen molar-refractivity contribution in [3.63, 3.8) is 0 Å². The van der Waals surface area contributed by atoms with Gasteiger partial charge in [-0.1, -0.05) is 13.8 Å². The molecule has 1 aromatic rings. The topological polar surface area (TPSA) is 29.0 Å². The van der Waals surface area contributed by atoms with Crippen molar-refractivity contribution >= 4 is 5.82 Å². The summed E-state index contributed by atoms with van der Waals surface area (Å²) in [6.45, 7) is 5.58. The highest BCUT2D eigenvalue weighted by molar-refractivity contribution is 5.36. The van der Waals surface area contributed by atoms with Gasteiger partial charge in [0.2, 0.25) is 0 Å². The maximum absolute atomic E-state index is 4.63. The minimum absolute atomic E-state index is 0.637. The van der Waals surface area contributed by atoms with E-state index in [9.17, 15) is 0 Å². The zero-order chi connectivity index (χ0) is 11.5. The maximum Gasteiger partial charge on any atom is 0.133 e. The van der Waals surface area contributed by atoms with Crippen LogP contribution >= 0.6 is 0 Å². The Morgan fingerprint density at radius 1 is 1.44 bits per heavy atom. The highest BCUT2D eigenvalue weighted by Crippen LogP contribution is 2.38. The van der Waals surface area contributed by atoms with E-state index in [0.717, 1.165) is 24.1 Å². The molecule has 1 heterocycles. The first-order valence-electron chi connectivity index (χ1n) is 6.21. The number of aromatic nitrogens is 2. The molecule has 0 spiro atoms. The van der Waals surface area contributed by atoms with Gasteiger partial charge in [-0.2, -0.15) is 0 Å². The van der Waals surface area contributed by atoms with Crippen molar-refractivity contribution in [1.82, 2.24) is 9.97 Å². The second kappa shape index (κ2) is 4.81. The maximum atomic E-state index is 4.63. The third kappa shape index (κ3) is 2.94. The quantitative estimate of drug-likeness (QED) is 0.762. The first kappa shape index (κ1) is 11.4. The monoisotopic (exact) mass is 219 g/mol. The fourth-order valence-electron chi connectivity index (χ4n) is 1.68. The normalized spacial score (nSPS) is 15.5. The summed E-state index contributed by atoms with van der Waals surface area (Å²) in [5.41, 5.74) is 0. The zero-order valence-corrected chi connectivity index (χ0v) is 10.5. The molecule has 0 atom stereocenters. The highest BCUT2D eigenvalue weighted by atomic mass is 15.2. The van der Waals surface area contributed by atoms with E-state index in [1.807, 2.05) is 12.3 Å². The molecule has 0 unspecified atom stereocenters. The van der Waals surface area contributed by atoms with Crippen molar-refractivity contribution in [3.05, 3.63) is 18.1 Å². The first-order chi connectivity index (χ1) is 7.66. The zero-order valence-electron chi connectivity index (χ0n) is 10.5. The molecule has 0 amide bonds. The summed E-state index contributed by atoms with van der Waals surface area (Å²) < 4.78 is 0. The van der Waals surface area contributed by atoms with Gasteiger partial charge >= 0.3 is 0 Å². The van der Waals surface area contributed by atoms with Gasteiger partial charge in [-0.25, -0.2) is 9.97 Å². The number of nitrogens with zero attached hydrogens (tertiary/aromatic N) is 3. The molecule has 0 N–H and O–H groups in total. The van der Waals surface area contributed by atoms with Crippen LogP contribution in [0.5, 0.6) is 0 Å². The van der Waals surface area contributed by atoms with E-state index in [-0.39, 0.29) is 0 Å². The Morgan fingerprint density at radius 2 is 2.19 bits per heavy atom. The molecular formula is C13H21N3. The smallest absolute Gasteiger partial charge is 0.133 e. The molecule has 1 aromatic heterocycles. The van der Waals surface area contributed by atoms with E-state index in [2.05, 4.69) is 35.8 Å². The van der Waals surface area contributed by atoms with Gasteiger partial charge < -0.3 is 4.90 Å². The second-order valence-corrected chi connectivity index (χ2v) is 5.15. The predicted octanol–water partition coefficient (Wildman–Crippen LogP) is 2.84. The largest absolute Gasteiger partial charge is 0.360 e. The average molecular weight is 219 g/mol. The van der Waals surface area contributed by atoms with E-state index < -0.39 is 0 Å². The van der Waals surface area contributed by atoms with Crippen molar-refractivity contribution in [1.29, 1.82) is 0 Å². The van der Waals surface area contributed by atoms with Crippen LogP contribution in [0, 0.1) is 5.92 Å². The molecule has 3 heteroatoms. The van der Waals surface area contributed by atoms with E-state index in [4.69, 9.17) is 0 Å². The van der Waals surface area contributed by atoms with Crippen molar-refractivity contribution < 1.29 is 0 Å². The van der Waals surface area contributed by atoms with Crippen LogP contribution in [0.4, 0.5) is 5.82 Å². The lowest BCUT2D eigenvalue weighted by Crippen LogP contribution is -2.21. The van der Waals surface area contributed by atoms with Crippen LogP contribution in [0.3, 0.4) is 0 Å². The average Bonchev–Trinajstić information content (AvgIpc) is 3.10. The molecule has 16 heavy (non-hydrogen) atoms. The lowest BCUT2D eigenvalue weighted by Gasteiger charge is -2.19. The van der Waals surface area contributed by atoms with Gasteiger partial charge in [-0.3, -0.25) is 0 Å². The second-order valence-electron chi connectivity index (χ2n) is 5.15. The standard InChI is InChI=1S/C13H21N3/c1-10(2)7-9-16(3)12-6-8-14-13(15-12)11-4-5-11/h6,8,10-11H,4-5,7,9H2,1-3H3. The molecule has 1 aliphatic rings. The highest BCUT2D eigenvalue weighted by Gasteiger charge is 2.26. The van der Waals surface area contributed by atoms with Crippen LogP contribution < -0.4 is 4.90 Å². The molecule has 0 bridgehead atoms. The molecule has 1 fully saturated rings. The van der Waals surface area contributed by atoms with E-state index >= 15 is 0 Å². The predicted molar refractivity (Wildman–Crippen MR) is 66.7 cm³/mol. The molecule has 2 rings (SSSR count). The molecule has 3 nitrogen and oxygen atoms in total. The lowest BCUT2D eigenvalue weighted by molar-refractivity contribution is 0.583. The fourth-order valence-corrected chi connectivity index (χ4v) is 1.68. The van der Waals surface area contributed by atoms with Crippen LogP contribution in [0.1, 0.15) is 44.9 Å². The summed E-state index contributed by atoms with van der Waals surface area (Å²) in [5.74, 6) is 3.48. The Balaban J connectivity index is 1.98. The van der Waals surface area contributed by atoms with Gasteiger partial charge in [0.15, 0.2) is 0 Å². The van der Waals surface area contributed by atoms with Gasteiger partial charge in [0.1, 0.15) is 11.6 Å². The fraction of sp³-hybridized carbons (Fsp3) is 0.692. The van der Waals surface area contributed by atoms with Crippen LogP contribution in [0.15, 0.2) is 12.3 Å². The van der Waals surface area contributed by atoms with Crippen LogP contribution in [-0.4, -0.2) is 23.6 Å². The van der Waals surface area contributed by atoms with Gasteiger partial charge in [-0.05, 0) is 31.2 Å². The molecule has 88 valence electrons. The Bertz CT molecular complexity index is 345. The van der Waals surface area contributed by atoms with Gasteiger partial charge in [0.25, 0.3) is 0 Å². The SMILES string of the molecule is CC(C)CCN(C)c1ccnc(C2CC2)n1. The number of hydrogen-bond acceptors (Lipinski definition) is 3. The first-order valence-corrected chi connectivity index (χ1v) is 6.21. The molecule has 0 radical (unpaired) electrons. The Kier molecular flexibility index (Phi) is 3.42. The van der Waals surface area contributed by atoms with E-state index in [1.54, 1.807) is 0 Å². The minimum atomic E-state index is 0.637. The van der Waals surface area contributed by atoms with Gasteiger partial charge in [0, 0.05) is 25.7 Å². The summed E-state index contributed by atoms with van der Waals surface area (Å²) in [4.78, 5) is 11.2. The lowest BCUT2D eigenvalue weighted by atomic mass is 10.1. The number of anilines is 1.